The second kappa shape index (κ2) is 12.6. The van der Waals surface area contributed by atoms with Gasteiger partial charge in [-0.05, 0) is 31.4 Å². The molecule has 1 unspecified atom stereocenters. The second-order valence-electron chi connectivity index (χ2n) is 7.51. The molecule has 3 rings (SSSR count). The van der Waals surface area contributed by atoms with Crippen molar-refractivity contribution < 1.29 is 19.1 Å². The lowest BCUT2D eigenvalue weighted by Crippen LogP contribution is -2.48. The predicted molar refractivity (Wildman–Crippen MR) is 126 cm³/mol. The Bertz CT molecular complexity index is 863. The number of nitrogens with one attached hydrogen (secondary N) is 1. The highest BCUT2D eigenvalue weighted by Gasteiger charge is 2.24. The topological polar surface area (TPSA) is 80.8 Å². The van der Waals surface area contributed by atoms with Crippen LogP contribution in [0.3, 0.4) is 0 Å². The maximum Gasteiger partial charge on any atom is 0.356 e. The van der Waals surface area contributed by atoms with Crippen molar-refractivity contribution in [1.29, 1.82) is 0 Å². The number of aromatic nitrogens is 1. The minimum absolute atomic E-state index is 0.0506. The first-order valence-electron chi connectivity index (χ1n) is 10.5. The van der Waals surface area contributed by atoms with Crippen LogP contribution in [-0.2, 0) is 14.3 Å². The third-order valence-corrected chi connectivity index (χ3v) is 6.81. The van der Waals surface area contributed by atoms with E-state index in [0.717, 1.165) is 31.0 Å². The van der Waals surface area contributed by atoms with Gasteiger partial charge in [-0.15, -0.1) is 11.8 Å². The summed E-state index contributed by atoms with van der Waals surface area (Å²) in [7, 11) is 0. The van der Waals surface area contributed by atoms with Crippen molar-refractivity contribution in [2.75, 3.05) is 45.1 Å². The highest BCUT2D eigenvalue weighted by molar-refractivity contribution is 8.00. The van der Waals surface area contributed by atoms with Crippen molar-refractivity contribution in [1.82, 2.24) is 15.2 Å². The number of pyridine rings is 1. The van der Waals surface area contributed by atoms with Crippen LogP contribution < -0.4 is 5.32 Å². The zero-order valence-corrected chi connectivity index (χ0v) is 20.2. The van der Waals surface area contributed by atoms with Crippen LogP contribution in [0.4, 0.5) is 0 Å². The Balaban J connectivity index is 1.37. The van der Waals surface area contributed by atoms with Gasteiger partial charge in [0.1, 0.15) is 5.69 Å². The smallest absolute Gasteiger partial charge is 0.356 e. The molecule has 1 aliphatic heterocycles. The fourth-order valence-electron chi connectivity index (χ4n) is 3.45. The molecular formula is C22H27Cl2N3O4S. The number of hydrogen-bond donors (Lipinski definition) is 1. The third kappa shape index (κ3) is 7.78. The van der Waals surface area contributed by atoms with Gasteiger partial charge in [-0.3, -0.25) is 9.69 Å². The van der Waals surface area contributed by atoms with Crippen LogP contribution in [0.2, 0.25) is 0 Å². The Morgan fingerprint density at radius 3 is 2.91 bits per heavy atom. The van der Waals surface area contributed by atoms with E-state index in [9.17, 15) is 9.59 Å². The molecule has 2 atom stereocenters. The van der Waals surface area contributed by atoms with Crippen LogP contribution in [-0.4, -0.2) is 73.0 Å². The number of rotatable bonds is 9. The molecule has 1 amide bonds. The molecule has 0 bridgehead atoms. The maximum atomic E-state index is 12.2. The van der Waals surface area contributed by atoms with Crippen molar-refractivity contribution >= 4 is 46.8 Å². The predicted octanol–water partition coefficient (Wildman–Crippen LogP) is 3.43. The van der Waals surface area contributed by atoms with E-state index in [1.165, 1.54) is 11.8 Å². The molecule has 0 spiro atoms. The van der Waals surface area contributed by atoms with E-state index in [4.69, 9.17) is 32.7 Å². The first kappa shape index (κ1) is 25.1. The van der Waals surface area contributed by atoms with Crippen LogP contribution in [0.5, 0.6) is 0 Å². The number of halogens is 2. The summed E-state index contributed by atoms with van der Waals surface area (Å²) in [4.78, 5) is 31.1. The molecule has 32 heavy (non-hydrogen) atoms. The molecule has 1 aromatic heterocycles. The van der Waals surface area contributed by atoms with Gasteiger partial charge in [0.05, 0.1) is 35.1 Å². The van der Waals surface area contributed by atoms with Crippen molar-refractivity contribution in [2.45, 2.75) is 24.3 Å². The quantitative estimate of drug-likeness (QED) is 0.411. The summed E-state index contributed by atoms with van der Waals surface area (Å²) in [6.07, 6.45) is 6.37. The number of thioether (sulfide) groups is 1. The van der Waals surface area contributed by atoms with E-state index in [2.05, 4.69) is 15.2 Å². The van der Waals surface area contributed by atoms with Crippen LogP contribution in [0, 0.1) is 5.92 Å². The van der Waals surface area contributed by atoms with Gasteiger partial charge in [0, 0.05) is 37.3 Å². The number of carbonyl (C=O) groups is 2. The van der Waals surface area contributed by atoms with E-state index < -0.39 is 5.97 Å². The van der Waals surface area contributed by atoms with Gasteiger partial charge in [0.15, 0.2) is 0 Å². The minimum atomic E-state index is -0.453. The molecule has 2 aliphatic rings. The number of morpholine rings is 1. The Morgan fingerprint density at radius 2 is 2.19 bits per heavy atom. The molecule has 0 saturated carbocycles. The number of esters is 1. The summed E-state index contributed by atoms with van der Waals surface area (Å²) in [5.74, 6) is 0.0618. The van der Waals surface area contributed by atoms with Gasteiger partial charge in [0.25, 0.3) is 0 Å². The minimum Gasteiger partial charge on any atom is -0.461 e. The van der Waals surface area contributed by atoms with E-state index in [-0.39, 0.29) is 23.5 Å². The Kier molecular flexibility index (Phi) is 9.87. The van der Waals surface area contributed by atoms with Crippen LogP contribution >= 0.6 is 35.0 Å². The van der Waals surface area contributed by atoms with Crippen molar-refractivity contribution in [2.24, 2.45) is 5.92 Å². The second-order valence-corrected chi connectivity index (χ2v) is 9.37. The number of hydrogen-bond acceptors (Lipinski definition) is 7. The highest BCUT2D eigenvalue weighted by atomic mass is 35.5. The lowest BCUT2D eigenvalue weighted by Gasteiger charge is -2.35. The molecule has 7 nitrogen and oxygen atoms in total. The summed E-state index contributed by atoms with van der Waals surface area (Å²) in [5.41, 5.74) is 0.254. The normalized spacial score (nSPS) is 21.5. The molecule has 2 heterocycles. The van der Waals surface area contributed by atoms with Gasteiger partial charge in [-0.1, -0.05) is 35.4 Å². The Labute approximate surface area is 202 Å². The molecule has 1 aromatic rings. The van der Waals surface area contributed by atoms with E-state index >= 15 is 0 Å². The molecule has 1 fully saturated rings. The molecule has 0 radical (unpaired) electrons. The van der Waals surface area contributed by atoms with Crippen molar-refractivity contribution in [3.8, 4) is 0 Å². The average Bonchev–Trinajstić information content (AvgIpc) is 2.79. The lowest BCUT2D eigenvalue weighted by molar-refractivity contribution is -0.119. The lowest BCUT2D eigenvalue weighted by atomic mass is 9.99. The van der Waals surface area contributed by atoms with E-state index in [0.29, 0.717) is 35.7 Å². The molecule has 1 N–H and O–H groups in total. The van der Waals surface area contributed by atoms with Gasteiger partial charge >= 0.3 is 5.97 Å². The number of amides is 1. The van der Waals surface area contributed by atoms with Gasteiger partial charge < -0.3 is 14.8 Å². The number of carbonyl (C=O) groups excluding carboxylic acids is 2. The standard InChI is InChI=1S/C22H27Cl2N3O4S/c1-2-30-22(29)20-6-4-17(11-25-20)32-14-21(28)26-10-16-13-27(7-8-31-16)12-15-3-5-18(23)19(24)9-15/h4-6,9,11,15-16H,2-3,7-8,10,12-14H2,1H3,(H,26,28)/t15?,16-/m0/s1. The Morgan fingerprint density at radius 1 is 1.34 bits per heavy atom. The van der Waals surface area contributed by atoms with Crippen LogP contribution in [0.25, 0.3) is 0 Å². The molecule has 174 valence electrons. The summed E-state index contributed by atoms with van der Waals surface area (Å²) in [5, 5.41) is 4.17. The number of allylic oxidation sites excluding steroid dienone is 3. The monoisotopic (exact) mass is 499 g/mol. The summed E-state index contributed by atoms with van der Waals surface area (Å²) >= 11 is 13.5. The van der Waals surface area contributed by atoms with Crippen molar-refractivity contribution in [3.63, 3.8) is 0 Å². The fourth-order valence-corrected chi connectivity index (χ4v) is 4.55. The highest BCUT2D eigenvalue weighted by Crippen LogP contribution is 2.29. The summed E-state index contributed by atoms with van der Waals surface area (Å²) < 4.78 is 10.7. The Hall–Kier alpha value is -1.58. The average molecular weight is 500 g/mol. The largest absolute Gasteiger partial charge is 0.461 e. The van der Waals surface area contributed by atoms with Gasteiger partial charge in [-0.25, -0.2) is 9.78 Å². The number of ether oxygens (including phenoxy) is 2. The van der Waals surface area contributed by atoms with Crippen LogP contribution in [0.15, 0.2) is 45.4 Å². The van der Waals surface area contributed by atoms with E-state index in [1.807, 2.05) is 12.2 Å². The molecule has 1 saturated heterocycles. The van der Waals surface area contributed by atoms with E-state index in [1.54, 1.807) is 25.3 Å². The zero-order chi connectivity index (χ0) is 22.9. The fraction of sp³-hybridized carbons (Fsp3) is 0.500. The van der Waals surface area contributed by atoms with Gasteiger partial charge in [-0.2, -0.15) is 0 Å². The molecule has 1 aliphatic carbocycles. The first-order valence-corrected chi connectivity index (χ1v) is 12.3. The SMILES string of the molecule is CCOC(=O)c1ccc(SCC(=O)NC[C@H]2CN(CC3C=C(Cl)C(Cl)=CC3)CCO2)cn1. The maximum absolute atomic E-state index is 12.2. The molecule has 0 aromatic carbocycles. The summed E-state index contributed by atoms with van der Waals surface area (Å²) in [6.45, 7) is 5.64. The molecular weight excluding hydrogens is 473 g/mol. The summed E-state index contributed by atoms with van der Waals surface area (Å²) in [6, 6.07) is 3.36. The van der Waals surface area contributed by atoms with Gasteiger partial charge in [0.2, 0.25) is 5.91 Å². The zero-order valence-electron chi connectivity index (χ0n) is 17.9. The third-order valence-electron chi connectivity index (χ3n) is 5.04. The first-order chi connectivity index (χ1) is 15.4. The number of nitrogens with zero attached hydrogens (tertiary/aromatic N) is 2. The van der Waals surface area contributed by atoms with Crippen LogP contribution in [0.1, 0.15) is 23.8 Å². The van der Waals surface area contributed by atoms with Crippen molar-refractivity contribution in [3.05, 3.63) is 46.2 Å². The molecule has 10 heteroatoms.